The second-order valence-corrected chi connectivity index (χ2v) is 10.7. The number of carbonyl (C=O) groups is 1. The monoisotopic (exact) mass is 486 g/mol. The molecule has 1 saturated heterocycles. The van der Waals surface area contributed by atoms with Crippen LogP contribution in [-0.2, 0) is 21.4 Å². The van der Waals surface area contributed by atoms with Crippen molar-refractivity contribution in [3.8, 4) is 0 Å². The van der Waals surface area contributed by atoms with E-state index in [-0.39, 0.29) is 11.8 Å². The van der Waals surface area contributed by atoms with Crippen molar-refractivity contribution < 1.29 is 13.2 Å². The van der Waals surface area contributed by atoms with Gasteiger partial charge in [0.1, 0.15) is 5.82 Å². The fraction of sp³-hybridized carbons (Fsp3) is 0.333. The lowest BCUT2D eigenvalue weighted by Gasteiger charge is -2.30. The molecule has 1 aromatic heterocycles. The summed E-state index contributed by atoms with van der Waals surface area (Å²) < 4.78 is 29.2. The molecular formula is C24H27ClN4O3S. The summed E-state index contributed by atoms with van der Waals surface area (Å²) in [6.45, 7) is 4.92. The molecule has 4 rings (SSSR count). The van der Waals surface area contributed by atoms with Gasteiger partial charge < -0.3 is 5.32 Å². The summed E-state index contributed by atoms with van der Waals surface area (Å²) in [5, 5.41) is 7.89. The molecule has 1 fully saturated rings. The molecule has 0 radical (unpaired) electrons. The number of halogens is 1. The first-order valence-electron chi connectivity index (χ1n) is 10.9. The zero-order valence-electron chi connectivity index (χ0n) is 18.7. The number of aromatic nitrogens is 2. The number of piperidine rings is 1. The molecule has 33 heavy (non-hydrogen) atoms. The van der Waals surface area contributed by atoms with Crippen LogP contribution in [0, 0.1) is 19.8 Å². The maximum absolute atomic E-state index is 13.0. The molecule has 0 spiro atoms. The molecule has 0 bridgehead atoms. The van der Waals surface area contributed by atoms with Gasteiger partial charge in [0.25, 0.3) is 0 Å². The van der Waals surface area contributed by atoms with E-state index in [1.165, 1.54) is 4.31 Å². The van der Waals surface area contributed by atoms with E-state index in [1.807, 2.05) is 44.2 Å². The van der Waals surface area contributed by atoms with E-state index in [0.29, 0.717) is 48.2 Å². The largest absolute Gasteiger partial charge is 0.311 e. The molecule has 2 aromatic carbocycles. The summed E-state index contributed by atoms with van der Waals surface area (Å²) in [6, 6.07) is 14.4. The highest BCUT2D eigenvalue weighted by Gasteiger charge is 2.32. The lowest BCUT2D eigenvalue weighted by Crippen LogP contribution is -2.41. The number of rotatable bonds is 6. The molecule has 9 heteroatoms. The Kier molecular flexibility index (Phi) is 6.88. The number of amides is 1. The van der Waals surface area contributed by atoms with E-state index in [1.54, 1.807) is 29.1 Å². The van der Waals surface area contributed by atoms with Crippen LogP contribution in [0.3, 0.4) is 0 Å². The quantitative estimate of drug-likeness (QED) is 0.564. The van der Waals surface area contributed by atoms with Crippen LogP contribution in [0.2, 0.25) is 5.02 Å². The van der Waals surface area contributed by atoms with Gasteiger partial charge in [-0.25, -0.2) is 13.1 Å². The van der Waals surface area contributed by atoms with E-state index in [0.717, 1.165) is 16.7 Å². The minimum Gasteiger partial charge on any atom is -0.311 e. The number of benzene rings is 2. The van der Waals surface area contributed by atoms with E-state index in [4.69, 9.17) is 11.6 Å². The second-order valence-electron chi connectivity index (χ2n) is 8.38. The number of sulfonamides is 1. The SMILES string of the molecule is Cc1ccc(S(=O)(=O)N2CCC(C(=O)Nc3ccnn3Cc3ccccc3Cl)CC2)cc1C. The molecule has 1 aliphatic heterocycles. The van der Waals surface area contributed by atoms with Gasteiger partial charge in [-0.05, 0) is 61.6 Å². The first-order chi connectivity index (χ1) is 15.8. The average molecular weight is 487 g/mol. The Labute approximate surface area is 199 Å². The number of aryl methyl sites for hydroxylation is 2. The van der Waals surface area contributed by atoms with Gasteiger partial charge in [0, 0.05) is 30.1 Å². The van der Waals surface area contributed by atoms with Gasteiger partial charge in [-0.15, -0.1) is 0 Å². The van der Waals surface area contributed by atoms with Crippen molar-refractivity contribution >= 4 is 33.3 Å². The number of nitrogens with zero attached hydrogens (tertiary/aromatic N) is 3. The third kappa shape index (κ3) is 5.13. The van der Waals surface area contributed by atoms with Crippen molar-refractivity contribution in [1.82, 2.24) is 14.1 Å². The Morgan fingerprint density at radius 2 is 1.82 bits per heavy atom. The van der Waals surface area contributed by atoms with Crippen LogP contribution < -0.4 is 5.32 Å². The van der Waals surface area contributed by atoms with Gasteiger partial charge in [0.2, 0.25) is 15.9 Å². The number of nitrogens with one attached hydrogen (secondary N) is 1. The highest BCUT2D eigenvalue weighted by molar-refractivity contribution is 7.89. The predicted octanol–water partition coefficient (Wildman–Crippen LogP) is 4.24. The molecule has 3 aromatic rings. The summed E-state index contributed by atoms with van der Waals surface area (Å²) in [6.07, 6.45) is 2.56. The van der Waals surface area contributed by atoms with Crippen molar-refractivity contribution in [3.05, 3.63) is 76.4 Å². The van der Waals surface area contributed by atoms with Crippen LogP contribution >= 0.6 is 11.6 Å². The van der Waals surface area contributed by atoms with Gasteiger partial charge in [0.05, 0.1) is 17.6 Å². The Morgan fingerprint density at radius 3 is 2.52 bits per heavy atom. The first-order valence-corrected chi connectivity index (χ1v) is 12.7. The Bertz CT molecular complexity index is 1260. The van der Waals surface area contributed by atoms with Crippen molar-refractivity contribution in [2.24, 2.45) is 5.92 Å². The Morgan fingerprint density at radius 1 is 1.09 bits per heavy atom. The van der Waals surface area contributed by atoms with E-state index in [9.17, 15) is 13.2 Å². The number of hydrogen-bond donors (Lipinski definition) is 1. The van der Waals surface area contributed by atoms with Gasteiger partial charge >= 0.3 is 0 Å². The van der Waals surface area contributed by atoms with Gasteiger partial charge in [-0.2, -0.15) is 9.40 Å². The average Bonchev–Trinajstić information content (AvgIpc) is 3.23. The third-order valence-corrected chi connectivity index (χ3v) is 8.45. The molecule has 7 nitrogen and oxygen atoms in total. The predicted molar refractivity (Wildman–Crippen MR) is 129 cm³/mol. The zero-order valence-corrected chi connectivity index (χ0v) is 20.2. The molecule has 1 aliphatic rings. The first kappa shape index (κ1) is 23.5. The standard InChI is InChI=1S/C24H27ClN4O3S/c1-17-7-8-21(15-18(17)2)33(31,32)28-13-10-19(11-14-28)24(30)27-23-9-12-26-29(23)16-20-5-3-4-6-22(20)25/h3-9,12,15,19H,10-11,13-14,16H2,1-2H3,(H,27,30). The highest BCUT2D eigenvalue weighted by atomic mass is 35.5. The van der Waals surface area contributed by atoms with Crippen LogP contribution in [0.15, 0.2) is 59.6 Å². The molecular weight excluding hydrogens is 460 g/mol. The summed E-state index contributed by atoms with van der Waals surface area (Å²) in [5.74, 6) is 0.198. The number of carbonyl (C=O) groups excluding carboxylic acids is 1. The van der Waals surface area contributed by atoms with Gasteiger partial charge in [-0.3, -0.25) is 4.79 Å². The Balaban J connectivity index is 1.38. The maximum Gasteiger partial charge on any atom is 0.243 e. The summed E-state index contributed by atoms with van der Waals surface area (Å²) in [4.78, 5) is 13.2. The molecule has 0 atom stereocenters. The molecule has 174 valence electrons. The number of hydrogen-bond acceptors (Lipinski definition) is 4. The van der Waals surface area contributed by atoms with E-state index in [2.05, 4.69) is 10.4 Å². The molecule has 1 amide bonds. The second kappa shape index (κ2) is 9.67. The third-order valence-electron chi connectivity index (χ3n) is 6.19. The maximum atomic E-state index is 13.0. The van der Waals surface area contributed by atoms with E-state index < -0.39 is 10.0 Å². The minimum atomic E-state index is -3.57. The van der Waals surface area contributed by atoms with Crippen LogP contribution in [0.1, 0.15) is 29.5 Å². The minimum absolute atomic E-state index is 0.126. The molecule has 0 saturated carbocycles. The van der Waals surface area contributed by atoms with Crippen molar-refractivity contribution in [2.75, 3.05) is 18.4 Å². The zero-order chi connectivity index (χ0) is 23.6. The Hall–Kier alpha value is -2.68. The van der Waals surface area contributed by atoms with Crippen LogP contribution in [0.25, 0.3) is 0 Å². The lowest BCUT2D eigenvalue weighted by atomic mass is 9.97. The summed E-state index contributed by atoms with van der Waals surface area (Å²) in [7, 11) is -3.57. The lowest BCUT2D eigenvalue weighted by molar-refractivity contribution is -0.121. The number of anilines is 1. The summed E-state index contributed by atoms with van der Waals surface area (Å²) in [5.41, 5.74) is 2.90. The van der Waals surface area contributed by atoms with Crippen LogP contribution in [0.4, 0.5) is 5.82 Å². The normalized spacial score (nSPS) is 15.5. The van der Waals surface area contributed by atoms with Gasteiger partial charge in [-0.1, -0.05) is 35.9 Å². The molecule has 2 heterocycles. The molecule has 0 unspecified atom stereocenters. The van der Waals surface area contributed by atoms with Crippen molar-refractivity contribution in [3.63, 3.8) is 0 Å². The molecule has 1 N–H and O–H groups in total. The topological polar surface area (TPSA) is 84.3 Å². The van der Waals surface area contributed by atoms with Crippen LogP contribution in [-0.4, -0.2) is 41.5 Å². The van der Waals surface area contributed by atoms with Crippen molar-refractivity contribution in [1.29, 1.82) is 0 Å². The van der Waals surface area contributed by atoms with E-state index >= 15 is 0 Å². The van der Waals surface area contributed by atoms with Gasteiger partial charge in [0.15, 0.2) is 0 Å². The fourth-order valence-corrected chi connectivity index (χ4v) is 5.71. The van der Waals surface area contributed by atoms with Crippen molar-refractivity contribution in [2.45, 2.75) is 38.1 Å². The highest BCUT2D eigenvalue weighted by Crippen LogP contribution is 2.26. The fourth-order valence-electron chi connectivity index (χ4n) is 3.96. The summed E-state index contributed by atoms with van der Waals surface area (Å²) >= 11 is 6.25. The molecule has 0 aliphatic carbocycles. The smallest absolute Gasteiger partial charge is 0.243 e. The van der Waals surface area contributed by atoms with Crippen LogP contribution in [0.5, 0.6) is 0 Å².